The van der Waals surface area contributed by atoms with E-state index in [1.165, 1.54) is 12.1 Å². The van der Waals surface area contributed by atoms with Crippen molar-refractivity contribution in [3.63, 3.8) is 0 Å². The van der Waals surface area contributed by atoms with E-state index in [0.29, 0.717) is 5.41 Å². The monoisotopic (exact) mass is 165 g/mol. The topological polar surface area (TPSA) is 12.4 Å². The molecule has 0 N–H and O–H groups in total. The second-order valence-corrected chi connectivity index (χ2v) is 4.81. The van der Waals surface area contributed by atoms with Crippen LogP contribution in [0.2, 0.25) is 0 Å². The van der Waals surface area contributed by atoms with E-state index in [1.807, 2.05) is 0 Å². The molecule has 0 unspecified atom stereocenters. The highest BCUT2D eigenvalue weighted by atomic mass is 14.7. The molecule has 0 aromatic heterocycles. The van der Waals surface area contributed by atoms with Crippen LogP contribution in [-0.4, -0.2) is 12.3 Å². The van der Waals surface area contributed by atoms with E-state index >= 15 is 0 Å². The van der Waals surface area contributed by atoms with E-state index in [0.717, 1.165) is 13.0 Å². The molecule has 68 valence electrons. The molecule has 0 fully saturated rings. The van der Waals surface area contributed by atoms with Gasteiger partial charge in [0.2, 0.25) is 0 Å². The lowest BCUT2D eigenvalue weighted by Crippen LogP contribution is -2.10. The normalized spacial score (nSPS) is 18.7. The Labute approximate surface area is 75.6 Å². The zero-order valence-corrected chi connectivity index (χ0v) is 8.65. The lowest BCUT2D eigenvalue weighted by molar-refractivity contribution is 0.404. The van der Waals surface area contributed by atoms with Crippen molar-refractivity contribution in [3.05, 3.63) is 11.6 Å². The number of allylic oxidation sites excluding steroid dienone is 1. The molecule has 1 aliphatic heterocycles. The summed E-state index contributed by atoms with van der Waals surface area (Å²) in [6.45, 7) is 9.94. The molecular weight excluding hydrogens is 146 g/mol. The largest absolute Gasteiger partial charge is 0.290 e. The van der Waals surface area contributed by atoms with Crippen molar-refractivity contribution in [1.29, 1.82) is 0 Å². The van der Waals surface area contributed by atoms with Gasteiger partial charge in [-0.3, -0.25) is 4.99 Å². The van der Waals surface area contributed by atoms with Gasteiger partial charge in [-0.25, -0.2) is 0 Å². The number of hydrogen-bond acceptors (Lipinski definition) is 1. The highest BCUT2D eigenvalue weighted by Gasteiger charge is 2.14. The van der Waals surface area contributed by atoms with Gasteiger partial charge >= 0.3 is 0 Å². The predicted octanol–water partition coefficient (Wildman–Crippen LogP) is 3.21. The predicted molar refractivity (Wildman–Crippen MR) is 54.7 cm³/mol. The van der Waals surface area contributed by atoms with E-state index in [9.17, 15) is 0 Å². The van der Waals surface area contributed by atoms with Crippen LogP contribution in [0.15, 0.2) is 16.6 Å². The first kappa shape index (κ1) is 9.50. The van der Waals surface area contributed by atoms with Crippen molar-refractivity contribution in [2.75, 3.05) is 6.54 Å². The minimum atomic E-state index is 0.420. The summed E-state index contributed by atoms with van der Waals surface area (Å²) in [5, 5.41) is 0. The van der Waals surface area contributed by atoms with E-state index in [2.05, 4.69) is 38.8 Å². The number of rotatable bonds is 1. The van der Waals surface area contributed by atoms with Crippen LogP contribution in [0.3, 0.4) is 0 Å². The number of hydrogen-bond donors (Lipinski definition) is 0. The third-order valence-electron chi connectivity index (χ3n) is 1.96. The van der Waals surface area contributed by atoms with Crippen LogP contribution in [-0.2, 0) is 0 Å². The second-order valence-electron chi connectivity index (χ2n) is 4.81. The summed E-state index contributed by atoms with van der Waals surface area (Å²) in [5.41, 5.74) is 3.18. The van der Waals surface area contributed by atoms with Crippen molar-refractivity contribution in [2.45, 2.75) is 40.5 Å². The van der Waals surface area contributed by atoms with E-state index in [1.54, 1.807) is 5.57 Å². The SMILES string of the molecule is CC1=NCCC(CC(C)(C)C)=C1. The van der Waals surface area contributed by atoms with Crippen molar-refractivity contribution < 1.29 is 0 Å². The molecule has 0 bridgehead atoms. The molecule has 0 saturated carbocycles. The maximum absolute atomic E-state index is 4.35. The molecule has 12 heavy (non-hydrogen) atoms. The average molecular weight is 165 g/mol. The zero-order chi connectivity index (χ0) is 9.19. The third kappa shape index (κ3) is 3.21. The van der Waals surface area contributed by atoms with Crippen molar-refractivity contribution in [1.82, 2.24) is 0 Å². The maximum atomic E-state index is 4.35. The van der Waals surface area contributed by atoms with Crippen LogP contribution >= 0.6 is 0 Å². The Morgan fingerprint density at radius 1 is 1.42 bits per heavy atom. The molecule has 0 atom stereocenters. The molecule has 0 aromatic rings. The first-order chi connectivity index (χ1) is 5.47. The van der Waals surface area contributed by atoms with Crippen molar-refractivity contribution in [2.24, 2.45) is 10.4 Å². The first-order valence-electron chi connectivity index (χ1n) is 4.68. The number of aliphatic imine (C=N–C) groups is 1. The summed E-state index contributed by atoms with van der Waals surface area (Å²) >= 11 is 0. The molecular formula is C11H19N. The van der Waals surface area contributed by atoms with Gasteiger partial charge in [-0.15, -0.1) is 0 Å². The smallest absolute Gasteiger partial charge is 0.0429 e. The Bertz CT molecular complexity index is 216. The fourth-order valence-corrected chi connectivity index (χ4v) is 1.61. The van der Waals surface area contributed by atoms with Gasteiger partial charge in [-0.2, -0.15) is 0 Å². The van der Waals surface area contributed by atoms with E-state index in [4.69, 9.17) is 0 Å². The van der Waals surface area contributed by atoms with Gasteiger partial charge in [0.25, 0.3) is 0 Å². The first-order valence-corrected chi connectivity index (χ1v) is 4.68. The summed E-state index contributed by atoms with van der Waals surface area (Å²) in [4.78, 5) is 4.35. The van der Waals surface area contributed by atoms with Crippen molar-refractivity contribution in [3.8, 4) is 0 Å². The molecule has 1 heteroatoms. The molecule has 0 aromatic carbocycles. The molecule has 1 nitrogen and oxygen atoms in total. The summed E-state index contributed by atoms with van der Waals surface area (Å²) in [6, 6.07) is 0. The molecule has 0 amide bonds. The Morgan fingerprint density at radius 2 is 2.08 bits per heavy atom. The Kier molecular flexibility index (Phi) is 2.71. The number of dihydropyridines is 1. The second kappa shape index (κ2) is 3.42. The minimum absolute atomic E-state index is 0.420. The summed E-state index contributed by atoms with van der Waals surface area (Å²) < 4.78 is 0. The fourth-order valence-electron chi connectivity index (χ4n) is 1.61. The zero-order valence-electron chi connectivity index (χ0n) is 8.65. The lowest BCUT2D eigenvalue weighted by atomic mass is 9.86. The van der Waals surface area contributed by atoms with Crippen LogP contribution in [0.5, 0.6) is 0 Å². The number of nitrogens with zero attached hydrogens (tertiary/aromatic N) is 1. The van der Waals surface area contributed by atoms with Crippen LogP contribution in [0.25, 0.3) is 0 Å². The molecule has 1 heterocycles. The maximum Gasteiger partial charge on any atom is 0.0429 e. The summed E-state index contributed by atoms with van der Waals surface area (Å²) in [7, 11) is 0. The Morgan fingerprint density at radius 3 is 2.58 bits per heavy atom. The summed E-state index contributed by atoms with van der Waals surface area (Å²) in [5.74, 6) is 0. The van der Waals surface area contributed by atoms with Gasteiger partial charge in [-0.1, -0.05) is 26.3 Å². The molecule has 0 spiro atoms. The molecule has 0 aliphatic carbocycles. The van der Waals surface area contributed by atoms with Gasteiger partial charge in [0.15, 0.2) is 0 Å². The molecule has 1 aliphatic rings. The van der Waals surface area contributed by atoms with Gasteiger partial charge in [0, 0.05) is 12.3 Å². The van der Waals surface area contributed by atoms with Gasteiger partial charge in [0.05, 0.1) is 0 Å². The van der Waals surface area contributed by atoms with Gasteiger partial charge in [0.1, 0.15) is 0 Å². The van der Waals surface area contributed by atoms with Crippen LogP contribution < -0.4 is 0 Å². The quantitative estimate of drug-likeness (QED) is 0.565. The standard InChI is InChI=1S/C11H19N/c1-9-7-10(5-6-12-9)8-11(2,3)4/h7H,5-6,8H2,1-4H3. The molecule has 0 saturated heterocycles. The minimum Gasteiger partial charge on any atom is -0.290 e. The highest BCUT2D eigenvalue weighted by molar-refractivity contribution is 5.94. The van der Waals surface area contributed by atoms with Gasteiger partial charge < -0.3 is 0 Å². The highest BCUT2D eigenvalue weighted by Crippen LogP contribution is 2.26. The van der Waals surface area contributed by atoms with E-state index < -0.39 is 0 Å². The lowest BCUT2D eigenvalue weighted by Gasteiger charge is -2.21. The van der Waals surface area contributed by atoms with Crippen molar-refractivity contribution >= 4 is 5.71 Å². The van der Waals surface area contributed by atoms with Gasteiger partial charge in [-0.05, 0) is 31.3 Å². The molecule has 1 rings (SSSR count). The Balaban J connectivity index is 2.59. The third-order valence-corrected chi connectivity index (χ3v) is 1.96. The average Bonchev–Trinajstić information content (AvgIpc) is 1.82. The fraction of sp³-hybridized carbons (Fsp3) is 0.727. The van der Waals surface area contributed by atoms with Crippen LogP contribution in [0, 0.1) is 5.41 Å². The summed E-state index contributed by atoms with van der Waals surface area (Å²) in [6.07, 6.45) is 4.61. The molecule has 0 radical (unpaired) electrons. The van der Waals surface area contributed by atoms with E-state index in [-0.39, 0.29) is 0 Å². The van der Waals surface area contributed by atoms with Crippen LogP contribution in [0.1, 0.15) is 40.5 Å². The van der Waals surface area contributed by atoms with Crippen LogP contribution in [0.4, 0.5) is 0 Å². The Hall–Kier alpha value is -0.590.